The summed E-state index contributed by atoms with van der Waals surface area (Å²) in [5.41, 5.74) is 4.65. The maximum atomic E-state index is 11.4. The third-order valence-corrected chi connectivity index (χ3v) is 4.51. The van der Waals surface area contributed by atoms with Gasteiger partial charge in [-0.1, -0.05) is 12.1 Å². The van der Waals surface area contributed by atoms with E-state index in [2.05, 4.69) is 30.0 Å². The molecule has 0 fully saturated rings. The summed E-state index contributed by atoms with van der Waals surface area (Å²) in [4.78, 5) is 64.8. The second-order valence-electron chi connectivity index (χ2n) is 6.57. The number of H-pyrrole nitrogens is 1. The maximum absolute atomic E-state index is 11.4. The van der Waals surface area contributed by atoms with E-state index >= 15 is 0 Å². The van der Waals surface area contributed by atoms with Crippen molar-refractivity contribution < 1.29 is 19.4 Å². The number of rotatable bonds is 6. The van der Waals surface area contributed by atoms with Crippen molar-refractivity contribution in [1.29, 1.82) is 0 Å². The van der Waals surface area contributed by atoms with Crippen LogP contribution >= 0.6 is 11.8 Å². The van der Waals surface area contributed by atoms with Crippen LogP contribution in [0.15, 0.2) is 44.7 Å². The number of halogens is 1. The smallest absolute Gasteiger partial charge is 0.363 e. The van der Waals surface area contributed by atoms with Crippen molar-refractivity contribution in [3.63, 3.8) is 0 Å². The molecule has 14 nitrogen and oxygen atoms in total. The van der Waals surface area contributed by atoms with Crippen molar-refractivity contribution >= 4 is 46.6 Å². The van der Waals surface area contributed by atoms with E-state index < -0.39 is 34.2 Å². The molecule has 0 bridgehead atoms. The zero-order valence-corrected chi connectivity index (χ0v) is 18.0. The van der Waals surface area contributed by atoms with Crippen LogP contribution in [0.3, 0.4) is 0 Å². The van der Waals surface area contributed by atoms with E-state index in [1.54, 1.807) is 6.07 Å². The maximum Gasteiger partial charge on any atom is 0.363 e. The number of nitrogens with two attached hydrogens (primary N) is 1. The Morgan fingerprint density at radius 3 is 2.56 bits per heavy atom. The monoisotopic (exact) mass is 489 g/mol. The van der Waals surface area contributed by atoms with Gasteiger partial charge in [-0.15, -0.1) is 0 Å². The number of carboxylic acid groups (broad SMARTS) is 1. The summed E-state index contributed by atoms with van der Waals surface area (Å²) < 4.78 is 5.42. The number of aromatic amines is 1. The van der Waals surface area contributed by atoms with Gasteiger partial charge < -0.3 is 20.9 Å². The number of nitrogens with one attached hydrogen (secondary N) is 3. The Kier molecular flexibility index (Phi) is 7.04. The standard InChI is InChI=1S/C11H10ClN3O2.C8H6N4O5/c12-14-5-6-2-1-3-7(4-6)15-9-8(13)10(16)11(9)17;1-17-6(15)4-2-3(5(13)14)9-7-10-8(16)11-12(4)7/h1-4,14-15H,5,13H2;2H,1H3,(H,11,16)(H,13,14). The first-order chi connectivity index (χ1) is 16.2. The van der Waals surface area contributed by atoms with E-state index in [-0.39, 0.29) is 22.8 Å². The lowest BCUT2D eigenvalue weighted by Crippen LogP contribution is -2.36. The molecule has 176 valence electrons. The van der Waals surface area contributed by atoms with Crippen LogP contribution < -0.4 is 32.4 Å². The predicted molar refractivity (Wildman–Crippen MR) is 120 cm³/mol. The van der Waals surface area contributed by atoms with E-state index in [1.165, 1.54) is 0 Å². The van der Waals surface area contributed by atoms with Gasteiger partial charge in [0.05, 0.1) is 7.11 Å². The van der Waals surface area contributed by atoms with Crippen molar-refractivity contribution in [3.8, 4) is 0 Å². The number of carbonyl (C=O) groups excluding carboxylic acids is 1. The molecule has 0 aliphatic heterocycles. The zero-order chi connectivity index (χ0) is 25.0. The van der Waals surface area contributed by atoms with E-state index in [0.717, 1.165) is 23.3 Å². The summed E-state index contributed by atoms with van der Waals surface area (Å²) >= 11 is 5.40. The van der Waals surface area contributed by atoms with Crippen molar-refractivity contribution in [1.82, 2.24) is 24.4 Å². The van der Waals surface area contributed by atoms with Gasteiger partial charge in [0.2, 0.25) is 0 Å². The van der Waals surface area contributed by atoms with Crippen LogP contribution in [-0.4, -0.2) is 43.7 Å². The first-order valence-electron chi connectivity index (χ1n) is 9.26. The predicted octanol–water partition coefficient (Wildman–Crippen LogP) is -0.246. The molecule has 0 spiro atoms. The highest BCUT2D eigenvalue weighted by Crippen LogP contribution is 2.19. The number of aromatic carboxylic acids is 1. The fourth-order valence-corrected chi connectivity index (χ4v) is 2.92. The van der Waals surface area contributed by atoms with E-state index in [9.17, 15) is 24.0 Å². The van der Waals surface area contributed by atoms with Crippen molar-refractivity contribution in [2.45, 2.75) is 6.54 Å². The number of carboxylic acids is 1. The largest absolute Gasteiger partial charge is 0.477 e. The Labute approximate surface area is 193 Å². The van der Waals surface area contributed by atoms with Crippen LogP contribution in [0.1, 0.15) is 26.5 Å². The summed E-state index contributed by atoms with van der Waals surface area (Å²) in [5.74, 6) is -2.36. The van der Waals surface area contributed by atoms with E-state index in [4.69, 9.17) is 22.6 Å². The molecule has 0 atom stereocenters. The molecule has 0 radical (unpaired) electrons. The minimum Gasteiger partial charge on any atom is -0.477 e. The molecule has 2 aromatic heterocycles. The second-order valence-corrected chi connectivity index (χ2v) is 6.84. The summed E-state index contributed by atoms with van der Waals surface area (Å²) in [5, 5.41) is 13.8. The van der Waals surface area contributed by atoms with Crippen LogP contribution in [0.5, 0.6) is 0 Å². The number of nitrogen functional groups attached to an aromatic ring is 1. The molecule has 0 saturated heterocycles. The average Bonchev–Trinajstić information content (AvgIpc) is 3.21. The quantitative estimate of drug-likeness (QED) is 0.135. The van der Waals surface area contributed by atoms with Crippen LogP contribution in [0, 0.1) is 0 Å². The fraction of sp³-hybridized carbons (Fsp3) is 0.105. The van der Waals surface area contributed by atoms with Crippen molar-refractivity contribution in [3.05, 3.63) is 78.2 Å². The Bertz CT molecular complexity index is 1520. The Balaban J connectivity index is 0.000000191. The van der Waals surface area contributed by atoms with Gasteiger partial charge in [-0.05, 0) is 29.5 Å². The van der Waals surface area contributed by atoms with Crippen LogP contribution in [-0.2, 0) is 11.3 Å². The number of aromatic nitrogens is 4. The number of anilines is 3. The molecule has 4 aromatic rings. The Morgan fingerprint density at radius 2 is 1.94 bits per heavy atom. The Morgan fingerprint density at radius 1 is 1.21 bits per heavy atom. The number of hydrogen-bond donors (Lipinski definition) is 5. The second kappa shape index (κ2) is 9.93. The van der Waals surface area contributed by atoms with E-state index in [0.29, 0.717) is 12.2 Å². The molecule has 15 heteroatoms. The lowest BCUT2D eigenvalue weighted by Gasteiger charge is -2.10. The van der Waals surface area contributed by atoms with E-state index in [1.807, 2.05) is 18.2 Å². The molecular weight excluding hydrogens is 474 g/mol. The molecule has 2 aromatic carbocycles. The van der Waals surface area contributed by atoms with Gasteiger partial charge in [-0.25, -0.2) is 33.8 Å². The van der Waals surface area contributed by atoms with Gasteiger partial charge in [-0.2, -0.15) is 4.98 Å². The molecule has 0 amide bonds. The minimum atomic E-state index is -1.34. The lowest BCUT2D eigenvalue weighted by molar-refractivity contribution is 0.0590. The topological polar surface area (TPSA) is 211 Å². The van der Waals surface area contributed by atoms with Crippen molar-refractivity contribution in [2.75, 3.05) is 18.2 Å². The highest BCUT2D eigenvalue weighted by atomic mass is 35.5. The summed E-state index contributed by atoms with van der Waals surface area (Å²) in [7, 11) is 1.13. The van der Waals surface area contributed by atoms with Gasteiger partial charge in [0.15, 0.2) is 11.4 Å². The number of nitrogens with zero attached hydrogens (tertiary/aromatic N) is 3. The highest BCUT2D eigenvalue weighted by molar-refractivity contribution is 6.13. The van der Waals surface area contributed by atoms with Crippen LogP contribution in [0.25, 0.3) is 5.78 Å². The third-order valence-electron chi connectivity index (χ3n) is 4.37. The van der Waals surface area contributed by atoms with Crippen molar-refractivity contribution in [2.24, 2.45) is 0 Å². The molecule has 0 saturated carbocycles. The van der Waals surface area contributed by atoms with Gasteiger partial charge in [0.1, 0.15) is 11.4 Å². The summed E-state index contributed by atoms with van der Waals surface area (Å²) in [6, 6.07) is 8.26. The number of carbonyl (C=O) groups is 2. The van der Waals surface area contributed by atoms with Gasteiger partial charge in [0.25, 0.3) is 16.6 Å². The summed E-state index contributed by atoms with van der Waals surface area (Å²) in [6.07, 6.45) is 0. The first kappa shape index (κ1) is 24.1. The third kappa shape index (κ3) is 4.92. The lowest BCUT2D eigenvalue weighted by atomic mass is 10.1. The minimum absolute atomic E-state index is 0.0177. The number of benzene rings is 1. The molecule has 0 aliphatic carbocycles. The number of ether oxygens (including phenoxy) is 1. The number of methoxy groups -OCH3 is 1. The van der Waals surface area contributed by atoms with Gasteiger partial charge >= 0.3 is 17.6 Å². The molecule has 2 heterocycles. The number of fused-ring (bicyclic) bond motifs is 1. The SMILES string of the molecule is COC(=O)c1cc(C(=O)O)nc2nc(=O)[nH]n12.Nc1c(Nc2cccc(CNCl)c2)c(=O)c1=O. The number of hydrogen-bond acceptors (Lipinski definition) is 11. The summed E-state index contributed by atoms with van der Waals surface area (Å²) in [6.45, 7) is 0.498. The van der Waals surface area contributed by atoms with Gasteiger partial charge in [0, 0.05) is 18.3 Å². The fourth-order valence-electron chi connectivity index (χ4n) is 2.77. The molecule has 0 unspecified atom stereocenters. The first-order valence-corrected chi connectivity index (χ1v) is 9.63. The van der Waals surface area contributed by atoms with Crippen LogP contribution in [0.4, 0.5) is 17.1 Å². The Hall–Kier alpha value is -4.56. The molecule has 0 aliphatic rings. The van der Waals surface area contributed by atoms with Crippen LogP contribution in [0.2, 0.25) is 0 Å². The molecule has 6 N–H and O–H groups in total. The normalized spacial score (nSPS) is 10.5. The molecule has 4 rings (SSSR count). The average molecular weight is 490 g/mol. The molecular formula is C19H16ClN7O7. The number of esters is 1. The van der Waals surface area contributed by atoms with Gasteiger partial charge in [-0.3, -0.25) is 9.59 Å². The zero-order valence-electron chi connectivity index (χ0n) is 17.3. The molecule has 34 heavy (non-hydrogen) atoms. The highest BCUT2D eigenvalue weighted by Gasteiger charge is 2.19.